The number of nitrogens with zero attached hydrogens (tertiary/aromatic N) is 1. The van der Waals surface area contributed by atoms with E-state index >= 15 is 0 Å². The molecule has 130 valence electrons. The van der Waals surface area contributed by atoms with Crippen LogP contribution >= 0.6 is 11.6 Å². The average Bonchev–Trinajstić information content (AvgIpc) is 2.63. The second kappa shape index (κ2) is 7.31. The number of hydrogen-bond donors (Lipinski definition) is 0. The summed E-state index contributed by atoms with van der Waals surface area (Å²) in [6.07, 6.45) is 1.36. The lowest BCUT2D eigenvalue weighted by molar-refractivity contribution is 0.0636. The number of rotatable bonds is 3. The molecule has 6 heteroatoms. The Morgan fingerprint density at radius 2 is 1.68 bits per heavy atom. The van der Waals surface area contributed by atoms with Gasteiger partial charge in [0.1, 0.15) is 0 Å². The fourth-order valence-electron chi connectivity index (χ4n) is 3.04. The van der Waals surface area contributed by atoms with Crippen molar-refractivity contribution in [2.75, 3.05) is 13.1 Å². The number of amides is 1. The molecule has 0 spiro atoms. The maximum atomic E-state index is 13.4. The number of carbonyl (C=O) groups excluding carboxylic acids is 2. The highest BCUT2D eigenvalue weighted by molar-refractivity contribution is 6.30. The van der Waals surface area contributed by atoms with Gasteiger partial charge in [-0.2, -0.15) is 0 Å². The molecule has 0 N–H and O–H groups in total. The first-order valence-electron chi connectivity index (χ1n) is 8.00. The topological polar surface area (TPSA) is 37.4 Å². The van der Waals surface area contributed by atoms with Gasteiger partial charge in [-0.25, -0.2) is 8.78 Å². The minimum atomic E-state index is -1.06. The Morgan fingerprint density at radius 1 is 1.00 bits per heavy atom. The molecule has 1 heterocycles. The molecule has 1 amide bonds. The van der Waals surface area contributed by atoms with Crippen molar-refractivity contribution in [3.63, 3.8) is 0 Å². The van der Waals surface area contributed by atoms with E-state index in [2.05, 4.69) is 0 Å². The van der Waals surface area contributed by atoms with Gasteiger partial charge in [0, 0.05) is 35.2 Å². The number of piperidine rings is 1. The number of Topliss-reactive ketones (excluding diaryl/α,β-unsaturated/α-hetero) is 1. The van der Waals surface area contributed by atoms with Gasteiger partial charge in [-0.05, 0) is 55.3 Å². The number of benzene rings is 2. The zero-order valence-electron chi connectivity index (χ0n) is 13.3. The van der Waals surface area contributed by atoms with E-state index in [9.17, 15) is 18.4 Å². The fourth-order valence-corrected chi connectivity index (χ4v) is 3.16. The van der Waals surface area contributed by atoms with Crippen LogP contribution in [0.3, 0.4) is 0 Å². The molecule has 2 aromatic rings. The van der Waals surface area contributed by atoms with E-state index in [-0.39, 0.29) is 23.8 Å². The average molecular weight is 364 g/mol. The summed E-state index contributed by atoms with van der Waals surface area (Å²) < 4.78 is 26.4. The van der Waals surface area contributed by atoms with Crippen molar-refractivity contribution in [1.82, 2.24) is 4.90 Å². The Kier molecular flexibility index (Phi) is 5.13. The Hall–Kier alpha value is -2.27. The van der Waals surface area contributed by atoms with E-state index in [0.717, 1.165) is 12.1 Å². The molecule has 0 aromatic heterocycles. The highest BCUT2D eigenvalue weighted by Gasteiger charge is 2.29. The van der Waals surface area contributed by atoms with Gasteiger partial charge >= 0.3 is 0 Å². The van der Waals surface area contributed by atoms with Crippen LogP contribution in [0.2, 0.25) is 5.02 Å². The monoisotopic (exact) mass is 363 g/mol. The molecule has 1 unspecified atom stereocenters. The Bertz CT molecular complexity index is 808. The van der Waals surface area contributed by atoms with Crippen molar-refractivity contribution in [3.8, 4) is 0 Å². The van der Waals surface area contributed by atoms with Gasteiger partial charge in [0.05, 0.1) is 0 Å². The summed E-state index contributed by atoms with van der Waals surface area (Å²) >= 11 is 5.84. The second-order valence-corrected chi connectivity index (χ2v) is 6.53. The van der Waals surface area contributed by atoms with Gasteiger partial charge in [-0.1, -0.05) is 11.6 Å². The summed E-state index contributed by atoms with van der Waals surface area (Å²) in [6.45, 7) is 0.752. The van der Waals surface area contributed by atoms with Crippen LogP contribution in [-0.2, 0) is 0 Å². The zero-order chi connectivity index (χ0) is 18.0. The Morgan fingerprint density at radius 3 is 2.36 bits per heavy atom. The van der Waals surface area contributed by atoms with Gasteiger partial charge in [-0.15, -0.1) is 0 Å². The summed E-state index contributed by atoms with van der Waals surface area (Å²) in [5.74, 6) is -2.81. The SMILES string of the molecule is O=C(c1ccc(Cl)cc1)C1CCCN(C(=O)c2ccc(F)c(F)c2)C1. The third-order valence-corrected chi connectivity index (χ3v) is 4.63. The van der Waals surface area contributed by atoms with E-state index in [0.29, 0.717) is 30.0 Å². The lowest BCUT2D eigenvalue weighted by atomic mass is 9.89. The molecule has 3 rings (SSSR count). The fraction of sp³-hybridized carbons (Fsp3) is 0.263. The zero-order valence-corrected chi connectivity index (χ0v) is 14.1. The van der Waals surface area contributed by atoms with Crippen molar-refractivity contribution in [3.05, 3.63) is 70.2 Å². The lowest BCUT2D eigenvalue weighted by Gasteiger charge is -2.32. The lowest BCUT2D eigenvalue weighted by Crippen LogP contribution is -2.42. The standard InChI is InChI=1S/C19H16ClF2NO2/c20-15-6-3-12(4-7-15)18(24)14-2-1-9-23(11-14)19(25)13-5-8-16(21)17(22)10-13/h3-8,10,14H,1-2,9,11H2. The van der Waals surface area contributed by atoms with Gasteiger partial charge in [-0.3, -0.25) is 9.59 Å². The molecule has 3 nitrogen and oxygen atoms in total. The van der Waals surface area contributed by atoms with Crippen LogP contribution in [0.1, 0.15) is 33.6 Å². The van der Waals surface area contributed by atoms with Crippen molar-refractivity contribution < 1.29 is 18.4 Å². The van der Waals surface area contributed by atoms with E-state index in [1.807, 2.05) is 0 Å². The molecule has 2 aromatic carbocycles. The van der Waals surface area contributed by atoms with Gasteiger partial charge in [0.15, 0.2) is 17.4 Å². The van der Waals surface area contributed by atoms with Crippen molar-refractivity contribution in [2.45, 2.75) is 12.8 Å². The van der Waals surface area contributed by atoms with Crippen LogP contribution in [0.4, 0.5) is 8.78 Å². The molecule has 0 radical (unpaired) electrons. The van der Waals surface area contributed by atoms with Gasteiger partial charge in [0.25, 0.3) is 5.91 Å². The van der Waals surface area contributed by atoms with E-state index in [1.54, 1.807) is 24.3 Å². The minimum Gasteiger partial charge on any atom is -0.338 e. The summed E-state index contributed by atoms with van der Waals surface area (Å²) in [5, 5.41) is 0.551. The predicted octanol–water partition coefficient (Wildman–Crippen LogP) is 4.35. The predicted molar refractivity (Wildman–Crippen MR) is 90.8 cm³/mol. The molecule has 1 fully saturated rings. The Labute approximate surface area is 149 Å². The Balaban J connectivity index is 1.74. The highest BCUT2D eigenvalue weighted by atomic mass is 35.5. The van der Waals surface area contributed by atoms with Crippen LogP contribution in [0, 0.1) is 17.6 Å². The van der Waals surface area contributed by atoms with E-state index in [1.165, 1.54) is 11.0 Å². The molecular formula is C19H16ClF2NO2. The van der Waals surface area contributed by atoms with Crippen molar-refractivity contribution in [2.24, 2.45) is 5.92 Å². The van der Waals surface area contributed by atoms with Gasteiger partial charge in [0.2, 0.25) is 0 Å². The maximum absolute atomic E-state index is 13.4. The highest BCUT2D eigenvalue weighted by Crippen LogP contribution is 2.23. The van der Waals surface area contributed by atoms with Gasteiger partial charge < -0.3 is 4.90 Å². The van der Waals surface area contributed by atoms with Crippen LogP contribution < -0.4 is 0 Å². The summed E-state index contributed by atoms with van der Waals surface area (Å²) in [7, 11) is 0. The quantitative estimate of drug-likeness (QED) is 0.760. The molecule has 1 saturated heterocycles. The molecular weight excluding hydrogens is 348 g/mol. The minimum absolute atomic E-state index is 0.0422. The summed E-state index contributed by atoms with van der Waals surface area (Å²) in [4.78, 5) is 26.7. The smallest absolute Gasteiger partial charge is 0.253 e. The number of hydrogen-bond acceptors (Lipinski definition) is 2. The van der Waals surface area contributed by atoms with Crippen LogP contribution in [-0.4, -0.2) is 29.7 Å². The second-order valence-electron chi connectivity index (χ2n) is 6.09. The molecule has 0 saturated carbocycles. The van der Waals surface area contributed by atoms with Crippen LogP contribution in [0.5, 0.6) is 0 Å². The summed E-state index contributed by atoms with van der Waals surface area (Å²) in [6, 6.07) is 9.72. The third-order valence-electron chi connectivity index (χ3n) is 4.37. The number of ketones is 1. The third kappa shape index (κ3) is 3.87. The molecule has 1 aliphatic heterocycles. The van der Waals surface area contributed by atoms with E-state index < -0.39 is 17.5 Å². The molecule has 25 heavy (non-hydrogen) atoms. The number of likely N-dealkylation sites (tertiary alicyclic amines) is 1. The van der Waals surface area contributed by atoms with Crippen molar-refractivity contribution in [1.29, 1.82) is 0 Å². The van der Waals surface area contributed by atoms with Crippen LogP contribution in [0.25, 0.3) is 0 Å². The summed E-state index contributed by atoms with van der Waals surface area (Å²) in [5.41, 5.74) is 0.634. The first-order valence-corrected chi connectivity index (χ1v) is 8.37. The molecule has 0 bridgehead atoms. The van der Waals surface area contributed by atoms with Crippen LogP contribution in [0.15, 0.2) is 42.5 Å². The number of halogens is 3. The molecule has 0 aliphatic carbocycles. The first-order chi connectivity index (χ1) is 12.0. The number of carbonyl (C=O) groups is 2. The largest absolute Gasteiger partial charge is 0.338 e. The maximum Gasteiger partial charge on any atom is 0.253 e. The van der Waals surface area contributed by atoms with E-state index in [4.69, 9.17) is 11.6 Å². The normalized spacial score (nSPS) is 17.4. The first kappa shape index (κ1) is 17.5. The molecule has 1 aliphatic rings. The molecule has 1 atom stereocenters. The van der Waals surface area contributed by atoms with Crippen molar-refractivity contribution >= 4 is 23.3 Å².